The summed E-state index contributed by atoms with van der Waals surface area (Å²) in [4.78, 5) is 15.1. The van der Waals surface area contributed by atoms with Gasteiger partial charge in [-0.15, -0.1) is 0 Å². The van der Waals surface area contributed by atoms with E-state index in [0.717, 1.165) is 5.56 Å². The van der Waals surface area contributed by atoms with Gasteiger partial charge in [0.25, 0.3) is 0 Å². The van der Waals surface area contributed by atoms with Crippen molar-refractivity contribution in [1.29, 1.82) is 0 Å². The SMILES string of the molecule is O=C1O[C@@H](CO)[C@@H]2Cc3cc(N4CCS(=O)(=O)CC4)c(F)cc3N12. The molecule has 1 amide bonds. The van der Waals surface area contributed by atoms with Crippen LogP contribution in [0.3, 0.4) is 0 Å². The number of ether oxygens (including phenoxy) is 1. The van der Waals surface area contributed by atoms with Crippen LogP contribution in [0.15, 0.2) is 12.1 Å². The Bertz CT molecular complexity index is 798. The van der Waals surface area contributed by atoms with Gasteiger partial charge in [-0.2, -0.15) is 0 Å². The third kappa shape index (κ3) is 2.34. The van der Waals surface area contributed by atoms with E-state index in [1.807, 2.05) is 0 Å². The van der Waals surface area contributed by atoms with Crippen LogP contribution >= 0.6 is 0 Å². The molecule has 0 radical (unpaired) electrons. The molecule has 130 valence electrons. The van der Waals surface area contributed by atoms with E-state index in [-0.39, 0.29) is 37.2 Å². The van der Waals surface area contributed by atoms with Crippen molar-refractivity contribution in [2.45, 2.75) is 18.6 Å². The summed E-state index contributed by atoms with van der Waals surface area (Å²) < 4.78 is 42.7. The zero-order valence-corrected chi connectivity index (χ0v) is 13.6. The van der Waals surface area contributed by atoms with Gasteiger partial charge in [0.05, 0.1) is 35.5 Å². The zero-order chi connectivity index (χ0) is 17.1. The van der Waals surface area contributed by atoms with Crippen molar-refractivity contribution in [1.82, 2.24) is 0 Å². The van der Waals surface area contributed by atoms with E-state index in [2.05, 4.69) is 0 Å². The van der Waals surface area contributed by atoms with Crippen LogP contribution in [0.2, 0.25) is 0 Å². The first-order chi connectivity index (χ1) is 11.4. The molecule has 1 N–H and O–H groups in total. The molecule has 4 rings (SSSR count). The van der Waals surface area contributed by atoms with Gasteiger partial charge in [0.1, 0.15) is 11.9 Å². The Kier molecular flexibility index (Phi) is 3.47. The molecule has 0 spiro atoms. The molecule has 0 unspecified atom stereocenters. The largest absolute Gasteiger partial charge is 0.441 e. The molecule has 2 saturated heterocycles. The fraction of sp³-hybridized carbons (Fsp3) is 0.533. The van der Waals surface area contributed by atoms with E-state index in [1.54, 1.807) is 11.0 Å². The first-order valence-corrected chi connectivity index (χ1v) is 9.60. The summed E-state index contributed by atoms with van der Waals surface area (Å²) in [5.41, 5.74) is 1.63. The number of carbonyl (C=O) groups excluding carboxylic acids is 1. The fourth-order valence-corrected chi connectivity index (χ4v) is 4.83. The van der Waals surface area contributed by atoms with E-state index in [4.69, 9.17) is 4.74 Å². The number of fused-ring (bicyclic) bond motifs is 3. The number of halogens is 1. The maximum atomic E-state index is 14.6. The predicted molar refractivity (Wildman–Crippen MR) is 84.6 cm³/mol. The quantitative estimate of drug-likeness (QED) is 0.820. The lowest BCUT2D eigenvalue weighted by Crippen LogP contribution is -2.40. The van der Waals surface area contributed by atoms with Crippen LogP contribution in [-0.4, -0.2) is 63.0 Å². The van der Waals surface area contributed by atoms with Gasteiger partial charge in [-0.1, -0.05) is 0 Å². The minimum Gasteiger partial charge on any atom is -0.441 e. The van der Waals surface area contributed by atoms with Crippen molar-refractivity contribution in [2.24, 2.45) is 0 Å². The molecule has 1 aromatic carbocycles. The summed E-state index contributed by atoms with van der Waals surface area (Å²) >= 11 is 0. The van der Waals surface area contributed by atoms with Crippen LogP contribution in [-0.2, 0) is 21.0 Å². The Hall–Kier alpha value is -1.87. The molecule has 0 bridgehead atoms. The lowest BCUT2D eigenvalue weighted by molar-refractivity contribution is 0.0830. The maximum absolute atomic E-state index is 14.6. The molecule has 3 aliphatic rings. The number of cyclic esters (lactones) is 1. The Morgan fingerprint density at radius 3 is 2.62 bits per heavy atom. The first kappa shape index (κ1) is 15.6. The summed E-state index contributed by atoms with van der Waals surface area (Å²) in [5.74, 6) is -0.470. The Morgan fingerprint density at radius 2 is 1.96 bits per heavy atom. The second-order valence-corrected chi connectivity index (χ2v) is 8.62. The summed E-state index contributed by atoms with van der Waals surface area (Å²) in [6.45, 7) is 0.235. The van der Waals surface area contributed by atoms with Gasteiger partial charge < -0.3 is 14.7 Å². The topological polar surface area (TPSA) is 87.1 Å². The summed E-state index contributed by atoms with van der Waals surface area (Å²) in [6, 6.07) is 2.66. The minimum atomic E-state index is -3.04. The molecule has 3 heterocycles. The second-order valence-electron chi connectivity index (χ2n) is 6.32. The summed E-state index contributed by atoms with van der Waals surface area (Å²) in [7, 11) is -3.04. The fourth-order valence-electron chi connectivity index (χ4n) is 3.63. The number of aliphatic hydroxyl groups excluding tert-OH is 1. The molecular weight excluding hydrogens is 339 g/mol. The van der Waals surface area contributed by atoms with Gasteiger partial charge in [-0.3, -0.25) is 4.90 Å². The second kappa shape index (κ2) is 5.32. The normalized spacial score (nSPS) is 27.8. The van der Waals surface area contributed by atoms with E-state index >= 15 is 0 Å². The standard InChI is InChI=1S/C15H17FN2O5S/c16-10-7-11-9(6-13-14(8-19)23-15(20)18(11)13)5-12(10)17-1-3-24(21,22)4-2-17/h5,7,13-14,19H,1-4,6,8H2/t13-,14-/m0/s1. The van der Waals surface area contributed by atoms with E-state index in [0.29, 0.717) is 17.8 Å². The number of anilines is 2. The summed E-state index contributed by atoms with van der Waals surface area (Å²) in [5, 5.41) is 9.33. The molecule has 7 nitrogen and oxygen atoms in total. The van der Waals surface area contributed by atoms with Crippen molar-refractivity contribution in [3.63, 3.8) is 0 Å². The van der Waals surface area contributed by atoms with Crippen molar-refractivity contribution in [2.75, 3.05) is 41.0 Å². The average Bonchev–Trinajstić information content (AvgIpc) is 3.04. The molecule has 3 aliphatic heterocycles. The van der Waals surface area contributed by atoms with Crippen molar-refractivity contribution in [3.8, 4) is 0 Å². The Morgan fingerprint density at radius 1 is 1.25 bits per heavy atom. The van der Waals surface area contributed by atoms with Gasteiger partial charge in [0, 0.05) is 19.2 Å². The number of aliphatic hydroxyl groups is 1. The smallest absolute Gasteiger partial charge is 0.415 e. The van der Waals surface area contributed by atoms with Crippen molar-refractivity contribution < 1.29 is 27.4 Å². The van der Waals surface area contributed by atoms with E-state index in [1.165, 1.54) is 11.0 Å². The number of amides is 1. The molecule has 0 aliphatic carbocycles. The molecule has 9 heteroatoms. The highest BCUT2D eigenvalue weighted by Crippen LogP contribution is 2.41. The van der Waals surface area contributed by atoms with E-state index < -0.39 is 27.9 Å². The molecule has 0 aromatic heterocycles. The maximum Gasteiger partial charge on any atom is 0.415 e. The molecule has 0 saturated carbocycles. The molecule has 24 heavy (non-hydrogen) atoms. The number of nitrogens with zero attached hydrogens (tertiary/aromatic N) is 2. The van der Waals surface area contributed by atoms with Crippen LogP contribution in [0.5, 0.6) is 0 Å². The van der Waals surface area contributed by atoms with Gasteiger partial charge in [0.15, 0.2) is 9.84 Å². The predicted octanol–water partition coefficient (Wildman–Crippen LogP) is 0.303. The van der Waals surface area contributed by atoms with Crippen LogP contribution in [0.25, 0.3) is 0 Å². The lowest BCUT2D eigenvalue weighted by atomic mass is 10.1. The van der Waals surface area contributed by atoms with Crippen LogP contribution in [0.4, 0.5) is 20.6 Å². The number of benzene rings is 1. The average molecular weight is 356 g/mol. The van der Waals surface area contributed by atoms with Crippen molar-refractivity contribution >= 4 is 27.3 Å². The molecular formula is C15H17FN2O5S. The number of carbonyl (C=O) groups is 1. The summed E-state index contributed by atoms with van der Waals surface area (Å²) in [6.07, 6.45) is -0.711. The van der Waals surface area contributed by atoms with Crippen LogP contribution in [0.1, 0.15) is 5.56 Å². The third-order valence-electron chi connectivity index (χ3n) is 4.91. The monoisotopic (exact) mass is 356 g/mol. The van der Waals surface area contributed by atoms with E-state index in [9.17, 15) is 22.7 Å². The zero-order valence-electron chi connectivity index (χ0n) is 12.8. The van der Waals surface area contributed by atoms with Gasteiger partial charge >= 0.3 is 6.09 Å². The number of sulfone groups is 1. The third-order valence-corrected chi connectivity index (χ3v) is 6.52. The molecule has 2 fully saturated rings. The highest BCUT2D eigenvalue weighted by Gasteiger charge is 2.47. The highest BCUT2D eigenvalue weighted by molar-refractivity contribution is 7.91. The van der Waals surface area contributed by atoms with Crippen LogP contribution < -0.4 is 9.80 Å². The highest BCUT2D eigenvalue weighted by atomic mass is 32.2. The lowest BCUT2D eigenvalue weighted by Gasteiger charge is -2.29. The Labute approximate surface area is 138 Å². The minimum absolute atomic E-state index is 0.0111. The first-order valence-electron chi connectivity index (χ1n) is 7.78. The van der Waals surface area contributed by atoms with Gasteiger partial charge in [-0.05, 0) is 18.1 Å². The Balaban J connectivity index is 1.66. The molecule has 1 aromatic rings. The number of rotatable bonds is 2. The molecule has 2 atom stereocenters. The number of hydrogen-bond donors (Lipinski definition) is 1. The number of hydrogen-bond acceptors (Lipinski definition) is 6. The van der Waals surface area contributed by atoms with Gasteiger partial charge in [0.2, 0.25) is 0 Å². The van der Waals surface area contributed by atoms with Gasteiger partial charge in [-0.25, -0.2) is 17.6 Å². The van der Waals surface area contributed by atoms with Crippen molar-refractivity contribution in [3.05, 3.63) is 23.5 Å². The van der Waals surface area contributed by atoms with Crippen LogP contribution in [0, 0.1) is 5.82 Å².